The maximum Gasteiger partial charge on any atom is 0.232 e. The first-order valence-corrected chi connectivity index (χ1v) is 15.8. The lowest BCUT2D eigenvalue weighted by Crippen LogP contribution is -2.63. The minimum atomic E-state index is -0.191. The molecule has 224 valence electrons. The lowest BCUT2D eigenvalue weighted by atomic mass is 9.72. The van der Waals surface area contributed by atoms with Crippen molar-refractivity contribution in [2.24, 2.45) is 5.92 Å². The molecule has 2 aliphatic rings. The van der Waals surface area contributed by atoms with Gasteiger partial charge in [-0.15, -0.1) is 0 Å². The second kappa shape index (κ2) is 12.8. The largest absolute Gasteiger partial charge is 0.378 e. The third-order valence-electron chi connectivity index (χ3n) is 8.52. The highest BCUT2D eigenvalue weighted by molar-refractivity contribution is 6.28. The van der Waals surface area contributed by atoms with Gasteiger partial charge in [0.05, 0.1) is 6.10 Å². The van der Waals surface area contributed by atoms with E-state index >= 15 is 0 Å². The standard InChI is InChI=1S/C31H57ClN6O/c1-11-13-14-15-17-39-23-20-30(7,8)38(31(9,10)21-23)27-35-25(32)34-26(36-27)33-24(16-12-2)22-18-28(3,4)37-29(5,6)19-22/h22-24,37H,11-21H2,1-10H3,(H,33,34,35,36). The van der Waals surface area contributed by atoms with Gasteiger partial charge in [-0.3, -0.25) is 0 Å². The quantitative estimate of drug-likeness (QED) is 0.251. The van der Waals surface area contributed by atoms with Crippen LogP contribution in [-0.2, 0) is 4.74 Å². The van der Waals surface area contributed by atoms with Crippen LogP contribution in [0, 0.1) is 5.92 Å². The van der Waals surface area contributed by atoms with Crippen molar-refractivity contribution in [2.45, 2.75) is 168 Å². The second-order valence-electron chi connectivity index (χ2n) is 14.8. The van der Waals surface area contributed by atoms with E-state index in [1.165, 1.54) is 19.3 Å². The Balaban J connectivity index is 1.81. The molecule has 1 aromatic heterocycles. The smallest absolute Gasteiger partial charge is 0.232 e. The first-order valence-electron chi connectivity index (χ1n) is 15.5. The van der Waals surface area contributed by atoms with E-state index in [0.29, 0.717) is 17.8 Å². The van der Waals surface area contributed by atoms with Crippen molar-refractivity contribution in [3.05, 3.63) is 5.28 Å². The Kier molecular flexibility index (Phi) is 10.6. The molecule has 1 unspecified atom stereocenters. The van der Waals surface area contributed by atoms with E-state index in [4.69, 9.17) is 21.3 Å². The van der Waals surface area contributed by atoms with Gasteiger partial charge in [-0.05, 0) is 111 Å². The Morgan fingerprint density at radius 3 is 2.05 bits per heavy atom. The molecule has 2 N–H and O–H groups in total. The molecule has 3 rings (SSSR count). The molecule has 0 bridgehead atoms. The molecule has 2 fully saturated rings. The number of nitrogens with zero attached hydrogens (tertiary/aromatic N) is 4. The van der Waals surface area contributed by atoms with Gasteiger partial charge in [0.15, 0.2) is 0 Å². The number of hydrogen-bond donors (Lipinski definition) is 2. The van der Waals surface area contributed by atoms with Crippen molar-refractivity contribution in [1.29, 1.82) is 0 Å². The average molecular weight is 565 g/mol. The minimum absolute atomic E-state index is 0.0818. The Morgan fingerprint density at radius 2 is 1.49 bits per heavy atom. The summed E-state index contributed by atoms with van der Waals surface area (Å²) in [7, 11) is 0. The average Bonchev–Trinajstić information content (AvgIpc) is 2.74. The van der Waals surface area contributed by atoms with Gasteiger partial charge >= 0.3 is 0 Å². The predicted octanol–water partition coefficient (Wildman–Crippen LogP) is 7.79. The number of ether oxygens (including phenoxy) is 1. The van der Waals surface area contributed by atoms with Crippen LogP contribution in [0.4, 0.5) is 11.9 Å². The zero-order chi connectivity index (χ0) is 29.1. The first kappa shape index (κ1) is 32.3. The zero-order valence-corrected chi connectivity index (χ0v) is 27.3. The van der Waals surface area contributed by atoms with Crippen LogP contribution in [0.25, 0.3) is 0 Å². The Morgan fingerprint density at radius 1 is 0.872 bits per heavy atom. The maximum atomic E-state index is 6.57. The number of hydrogen-bond acceptors (Lipinski definition) is 7. The van der Waals surface area contributed by atoms with Gasteiger partial charge in [0.2, 0.25) is 17.2 Å². The molecule has 2 saturated heterocycles. The highest BCUT2D eigenvalue weighted by Crippen LogP contribution is 2.42. The molecule has 0 aromatic carbocycles. The summed E-state index contributed by atoms with van der Waals surface area (Å²) in [6.45, 7) is 23.6. The minimum Gasteiger partial charge on any atom is -0.378 e. The van der Waals surface area contributed by atoms with Crippen LogP contribution in [0.5, 0.6) is 0 Å². The highest BCUT2D eigenvalue weighted by Gasteiger charge is 2.47. The predicted molar refractivity (Wildman–Crippen MR) is 165 cm³/mol. The van der Waals surface area contributed by atoms with Crippen LogP contribution >= 0.6 is 11.6 Å². The lowest BCUT2D eigenvalue weighted by Gasteiger charge is -2.55. The van der Waals surface area contributed by atoms with E-state index in [1.54, 1.807) is 0 Å². The first-order chi connectivity index (χ1) is 18.1. The van der Waals surface area contributed by atoms with Crippen LogP contribution in [0.15, 0.2) is 0 Å². The van der Waals surface area contributed by atoms with Crippen molar-refractivity contribution in [1.82, 2.24) is 20.3 Å². The molecule has 7 nitrogen and oxygen atoms in total. The van der Waals surface area contributed by atoms with Gasteiger partial charge in [0.25, 0.3) is 0 Å². The third kappa shape index (κ3) is 8.90. The SMILES string of the molecule is CCCCCCOC1CC(C)(C)N(c2nc(Cl)nc(NC(CCC)C3CC(C)(C)NC(C)(C)C3)n2)C(C)(C)C1. The van der Waals surface area contributed by atoms with Gasteiger partial charge in [-0.1, -0.05) is 39.5 Å². The van der Waals surface area contributed by atoms with Crippen LogP contribution in [0.3, 0.4) is 0 Å². The second-order valence-corrected chi connectivity index (χ2v) is 15.1. The molecule has 1 atom stereocenters. The van der Waals surface area contributed by atoms with Crippen LogP contribution in [0.2, 0.25) is 5.28 Å². The summed E-state index contributed by atoms with van der Waals surface area (Å²) in [5.41, 5.74) is -0.218. The van der Waals surface area contributed by atoms with Gasteiger partial charge in [0.1, 0.15) is 0 Å². The molecule has 0 radical (unpaired) electrons. The number of aromatic nitrogens is 3. The fourth-order valence-electron chi connectivity index (χ4n) is 7.72. The molecular weight excluding hydrogens is 508 g/mol. The molecule has 39 heavy (non-hydrogen) atoms. The van der Waals surface area contributed by atoms with E-state index in [0.717, 1.165) is 51.6 Å². The van der Waals surface area contributed by atoms with E-state index in [9.17, 15) is 0 Å². The molecule has 8 heteroatoms. The van der Waals surface area contributed by atoms with Crippen molar-refractivity contribution in [3.63, 3.8) is 0 Å². The summed E-state index contributed by atoms with van der Waals surface area (Å²) < 4.78 is 6.39. The monoisotopic (exact) mass is 564 g/mol. The van der Waals surface area contributed by atoms with E-state index in [2.05, 4.69) is 94.7 Å². The molecule has 2 aliphatic heterocycles. The van der Waals surface area contributed by atoms with Crippen LogP contribution < -0.4 is 15.5 Å². The molecule has 0 amide bonds. The number of rotatable bonds is 12. The van der Waals surface area contributed by atoms with E-state index in [1.807, 2.05) is 0 Å². The summed E-state index contributed by atoms with van der Waals surface area (Å²) >= 11 is 6.57. The summed E-state index contributed by atoms with van der Waals surface area (Å²) in [6.07, 6.45) is 11.3. The van der Waals surface area contributed by atoms with Crippen LogP contribution in [-0.4, -0.2) is 55.9 Å². The Hall–Kier alpha value is -1.18. The van der Waals surface area contributed by atoms with Crippen molar-refractivity contribution < 1.29 is 4.74 Å². The van der Waals surface area contributed by atoms with Crippen molar-refractivity contribution >= 4 is 23.5 Å². The molecule has 0 aliphatic carbocycles. The highest BCUT2D eigenvalue weighted by atomic mass is 35.5. The Labute approximate surface area is 244 Å². The lowest BCUT2D eigenvalue weighted by molar-refractivity contribution is -0.00888. The Bertz CT molecular complexity index is 900. The fraction of sp³-hybridized carbons (Fsp3) is 0.903. The summed E-state index contributed by atoms with van der Waals surface area (Å²) in [4.78, 5) is 16.6. The number of unbranched alkanes of at least 4 members (excludes halogenated alkanes) is 3. The van der Waals surface area contributed by atoms with Crippen molar-refractivity contribution in [2.75, 3.05) is 16.8 Å². The summed E-state index contributed by atoms with van der Waals surface area (Å²) in [5.74, 6) is 1.74. The molecule has 3 heterocycles. The molecule has 1 aromatic rings. The van der Waals surface area contributed by atoms with E-state index in [-0.39, 0.29) is 39.6 Å². The fourth-order valence-corrected chi connectivity index (χ4v) is 7.87. The van der Waals surface area contributed by atoms with Gasteiger partial charge in [-0.2, -0.15) is 15.0 Å². The van der Waals surface area contributed by atoms with Gasteiger partial charge < -0.3 is 20.3 Å². The normalized spacial score (nSPS) is 23.5. The number of halogens is 1. The van der Waals surface area contributed by atoms with E-state index < -0.39 is 0 Å². The van der Waals surface area contributed by atoms with Gasteiger partial charge in [0, 0.05) is 34.8 Å². The number of nitrogens with one attached hydrogen (secondary N) is 2. The summed E-state index contributed by atoms with van der Waals surface area (Å²) in [6, 6.07) is 0.273. The maximum absolute atomic E-state index is 6.57. The van der Waals surface area contributed by atoms with Gasteiger partial charge in [-0.25, -0.2) is 0 Å². The third-order valence-corrected chi connectivity index (χ3v) is 8.69. The summed E-state index contributed by atoms with van der Waals surface area (Å²) in [5, 5.41) is 7.79. The number of piperidine rings is 2. The molecule has 0 spiro atoms. The molecular formula is C31H57ClN6O. The van der Waals surface area contributed by atoms with Crippen molar-refractivity contribution in [3.8, 4) is 0 Å². The van der Waals surface area contributed by atoms with Crippen LogP contribution in [0.1, 0.15) is 133 Å². The number of anilines is 2. The zero-order valence-electron chi connectivity index (χ0n) is 26.6. The molecule has 0 saturated carbocycles. The topological polar surface area (TPSA) is 75.2 Å².